The average Bonchev–Trinajstić information content (AvgIpc) is 2.55. The predicted octanol–water partition coefficient (Wildman–Crippen LogP) is 3.89. The number of hydrogen-bond donors (Lipinski definition) is 1. The van der Waals surface area contributed by atoms with Gasteiger partial charge in [-0.15, -0.1) is 0 Å². The summed E-state index contributed by atoms with van der Waals surface area (Å²) in [4.78, 5) is 23.1. The van der Waals surface area contributed by atoms with Gasteiger partial charge in [0.1, 0.15) is 0 Å². The molecule has 1 amide bonds. The Balaban J connectivity index is 2.11. The van der Waals surface area contributed by atoms with Gasteiger partial charge in [0.25, 0.3) is 5.91 Å². The van der Waals surface area contributed by atoms with Gasteiger partial charge < -0.3 is 10.2 Å². The lowest BCUT2D eigenvalue weighted by Gasteiger charge is -2.16. The van der Waals surface area contributed by atoms with Crippen LogP contribution in [0.4, 0.5) is 11.6 Å². The molecule has 0 spiro atoms. The van der Waals surface area contributed by atoms with Crippen molar-refractivity contribution in [1.29, 1.82) is 0 Å². The largest absolute Gasteiger partial charge is 0.344 e. The predicted molar refractivity (Wildman–Crippen MR) is 98.8 cm³/mol. The summed E-state index contributed by atoms with van der Waals surface area (Å²) in [5, 5.41) is 2.97. The lowest BCUT2D eigenvalue weighted by Crippen LogP contribution is -2.21. The van der Waals surface area contributed by atoms with Crippen LogP contribution in [0.2, 0.25) is 0 Å². The van der Waals surface area contributed by atoms with E-state index in [9.17, 15) is 4.79 Å². The standard InChI is InChI=1S/C19H26N4O/c1-6-7-8-23(5)19-20-11-16(12-21-19)18(24)22-17-14(3)9-13(2)10-15(17)4/h9-12H,6-8H2,1-5H3,(H,22,24). The monoisotopic (exact) mass is 326 g/mol. The molecule has 0 atom stereocenters. The van der Waals surface area contributed by atoms with Gasteiger partial charge in [-0.2, -0.15) is 0 Å². The van der Waals surface area contributed by atoms with Crippen molar-refractivity contribution in [2.45, 2.75) is 40.5 Å². The Morgan fingerprint density at radius 3 is 2.25 bits per heavy atom. The van der Waals surface area contributed by atoms with Crippen LogP contribution in [0, 0.1) is 20.8 Å². The summed E-state index contributed by atoms with van der Waals surface area (Å²) in [5.41, 5.74) is 4.61. The maximum absolute atomic E-state index is 12.5. The Morgan fingerprint density at radius 2 is 1.71 bits per heavy atom. The zero-order chi connectivity index (χ0) is 17.7. The van der Waals surface area contributed by atoms with Crippen molar-refractivity contribution < 1.29 is 4.79 Å². The Bertz CT molecular complexity index is 687. The van der Waals surface area contributed by atoms with E-state index >= 15 is 0 Å². The van der Waals surface area contributed by atoms with Gasteiger partial charge in [0.2, 0.25) is 5.95 Å². The molecule has 128 valence electrons. The maximum Gasteiger partial charge on any atom is 0.258 e. The number of nitrogens with one attached hydrogen (secondary N) is 1. The molecule has 24 heavy (non-hydrogen) atoms. The molecule has 0 aliphatic rings. The third-order valence-corrected chi connectivity index (χ3v) is 4.00. The zero-order valence-corrected chi connectivity index (χ0v) is 15.2. The van der Waals surface area contributed by atoms with Gasteiger partial charge in [-0.3, -0.25) is 4.79 Å². The molecule has 5 nitrogen and oxygen atoms in total. The van der Waals surface area contributed by atoms with Crippen LogP contribution in [0.3, 0.4) is 0 Å². The molecule has 0 bridgehead atoms. The van der Waals surface area contributed by atoms with Crippen molar-refractivity contribution >= 4 is 17.5 Å². The smallest absolute Gasteiger partial charge is 0.258 e. The second-order valence-electron chi connectivity index (χ2n) is 6.27. The summed E-state index contributed by atoms with van der Waals surface area (Å²) < 4.78 is 0. The first-order valence-electron chi connectivity index (χ1n) is 8.34. The number of hydrogen-bond acceptors (Lipinski definition) is 4. The second kappa shape index (κ2) is 7.90. The first-order chi connectivity index (χ1) is 11.4. The molecule has 1 N–H and O–H groups in total. The number of benzene rings is 1. The molecular weight excluding hydrogens is 300 g/mol. The summed E-state index contributed by atoms with van der Waals surface area (Å²) in [6, 6.07) is 4.12. The van der Waals surface area contributed by atoms with Crippen molar-refractivity contribution in [2.75, 3.05) is 23.8 Å². The molecule has 0 aliphatic heterocycles. The Hall–Kier alpha value is -2.43. The van der Waals surface area contributed by atoms with Crippen LogP contribution in [0.15, 0.2) is 24.5 Å². The van der Waals surface area contributed by atoms with Gasteiger partial charge >= 0.3 is 0 Å². The van der Waals surface area contributed by atoms with Crippen LogP contribution in [0.5, 0.6) is 0 Å². The molecule has 0 saturated carbocycles. The fraction of sp³-hybridized carbons (Fsp3) is 0.421. The highest BCUT2D eigenvalue weighted by Gasteiger charge is 2.12. The maximum atomic E-state index is 12.5. The van der Waals surface area contributed by atoms with Gasteiger partial charge in [0.15, 0.2) is 0 Å². The van der Waals surface area contributed by atoms with Gasteiger partial charge in [0, 0.05) is 31.7 Å². The van der Waals surface area contributed by atoms with E-state index in [-0.39, 0.29) is 5.91 Å². The van der Waals surface area contributed by atoms with E-state index in [4.69, 9.17) is 0 Å². The van der Waals surface area contributed by atoms with Crippen molar-refractivity contribution in [3.63, 3.8) is 0 Å². The average molecular weight is 326 g/mol. The van der Waals surface area contributed by atoms with Gasteiger partial charge in [-0.1, -0.05) is 31.0 Å². The van der Waals surface area contributed by atoms with Crippen molar-refractivity contribution in [2.24, 2.45) is 0 Å². The highest BCUT2D eigenvalue weighted by molar-refractivity contribution is 6.04. The number of carbonyl (C=O) groups is 1. The lowest BCUT2D eigenvalue weighted by molar-refractivity contribution is 0.102. The van der Waals surface area contributed by atoms with E-state index in [2.05, 4.69) is 34.3 Å². The van der Waals surface area contributed by atoms with Crippen LogP contribution in [0.25, 0.3) is 0 Å². The third-order valence-electron chi connectivity index (χ3n) is 4.00. The summed E-state index contributed by atoms with van der Waals surface area (Å²) in [6.07, 6.45) is 5.38. The first-order valence-corrected chi connectivity index (χ1v) is 8.34. The van der Waals surface area contributed by atoms with Crippen LogP contribution in [-0.2, 0) is 0 Å². The van der Waals surface area contributed by atoms with Gasteiger partial charge in [0.05, 0.1) is 5.56 Å². The highest BCUT2D eigenvalue weighted by Crippen LogP contribution is 2.22. The summed E-state index contributed by atoms with van der Waals surface area (Å²) >= 11 is 0. The molecule has 1 aromatic heterocycles. The van der Waals surface area contributed by atoms with Crippen molar-refractivity contribution in [1.82, 2.24) is 9.97 Å². The topological polar surface area (TPSA) is 58.1 Å². The fourth-order valence-corrected chi connectivity index (χ4v) is 2.69. The van der Waals surface area contributed by atoms with E-state index in [0.29, 0.717) is 11.5 Å². The molecule has 0 aliphatic carbocycles. The molecule has 5 heteroatoms. The molecule has 2 aromatic rings. The molecule has 2 rings (SSSR count). The molecule has 0 radical (unpaired) electrons. The van der Waals surface area contributed by atoms with Gasteiger partial charge in [-0.25, -0.2) is 9.97 Å². The number of aromatic nitrogens is 2. The summed E-state index contributed by atoms with van der Waals surface area (Å²) in [5.74, 6) is 0.454. The van der Waals surface area contributed by atoms with E-state index in [1.165, 1.54) is 5.56 Å². The first kappa shape index (κ1) is 17.9. The minimum absolute atomic E-state index is 0.187. The van der Waals surface area contributed by atoms with Crippen molar-refractivity contribution in [3.8, 4) is 0 Å². The number of rotatable bonds is 6. The number of amides is 1. The minimum Gasteiger partial charge on any atom is -0.344 e. The fourth-order valence-electron chi connectivity index (χ4n) is 2.69. The van der Waals surface area contributed by atoms with Crippen LogP contribution < -0.4 is 10.2 Å². The van der Waals surface area contributed by atoms with E-state index in [1.807, 2.05) is 32.7 Å². The molecule has 1 heterocycles. The normalized spacial score (nSPS) is 10.5. The van der Waals surface area contributed by atoms with Gasteiger partial charge in [-0.05, 0) is 38.3 Å². The molecule has 0 fully saturated rings. The number of carbonyl (C=O) groups excluding carboxylic acids is 1. The second-order valence-corrected chi connectivity index (χ2v) is 6.27. The zero-order valence-electron chi connectivity index (χ0n) is 15.2. The van der Waals surface area contributed by atoms with Crippen LogP contribution in [-0.4, -0.2) is 29.5 Å². The molecule has 0 saturated heterocycles. The lowest BCUT2D eigenvalue weighted by atomic mass is 10.0. The number of aryl methyl sites for hydroxylation is 3. The number of nitrogens with zero attached hydrogens (tertiary/aromatic N) is 3. The van der Waals surface area contributed by atoms with E-state index in [0.717, 1.165) is 36.2 Å². The van der Waals surface area contributed by atoms with E-state index < -0.39 is 0 Å². The molecular formula is C19H26N4O. The third kappa shape index (κ3) is 4.31. The highest BCUT2D eigenvalue weighted by atomic mass is 16.1. The van der Waals surface area contributed by atoms with Crippen LogP contribution >= 0.6 is 0 Å². The van der Waals surface area contributed by atoms with Crippen LogP contribution in [0.1, 0.15) is 46.8 Å². The molecule has 1 aromatic carbocycles. The Morgan fingerprint density at radius 1 is 1.12 bits per heavy atom. The minimum atomic E-state index is -0.187. The molecule has 0 unspecified atom stereocenters. The SMILES string of the molecule is CCCCN(C)c1ncc(C(=O)Nc2c(C)cc(C)cc2C)cn1. The van der Waals surface area contributed by atoms with Crippen molar-refractivity contribution in [3.05, 3.63) is 46.8 Å². The summed E-state index contributed by atoms with van der Waals surface area (Å²) in [6.45, 7) is 9.10. The quantitative estimate of drug-likeness (QED) is 0.875. The Labute approximate surface area is 144 Å². The summed E-state index contributed by atoms with van der Waals surface area (Å²) in [7, 11) is 1.96. The Kier molecular flexibility index (Phi) is 5.90. The number of anilines is 2. The van der Waals surface area contributed by atoms with E-state index in [1.54, 1.807) is 12.4 Å². The number of unbranched alkanes of at least 4 members (excludes halogenated alkanes) is 1.